The van der Waals surface area contributed by atoms with Gasteiger partial charge in [-0.3, -0.25) is 4.79 Å². The van der Waals surface area contributed by atoms with Crippen LogP contribution < -0.4 is 5.32 Å². The molecule has 0 aromatic rings. The normalized spacial score (nSPS) is 26.7. The van der Waals surface area contributed by atoms with Gasteiger partial charge in [0.1, 0.15) is 0 Å². The van der Waals surface area contributed by atoms with Gasteiger partial charge in [-0.2, -0.15) is 0 Å². The highest BCUT2D eigenvalue weighted by molar-refractivity contribution is 7.92. The van der Waals surface area contributed by atoms with Crippen molar-refractivity contribution in [2.45, 2.75) is 18.1 Å². The van der Waals surface area contributed by atoms with Crippen molar-refractivity contribution in [3.05, 3.63) is 0 Å². The van der Waals surface area contributed by atoms with E-state index < -0.39 is 27.0 Å². The molecule has 1 unspecified atom stereocenters. The highest BCUT2D eigenvalue weighted by Gasteiger charge is 2.37. The van der Waals surface area contributed by atoms with Crippen LogP contribution in [0.3, 0.4) is 0 Å². The van der Waals surface area contributed by atoms with Crippen molar-refractivity contribution in [3.63, 3.8) is 0 Å². The quantitative estimate of drug-likeness (QED) is 0.708. The molecule has 0 aromatic carbocycles. The summed E-state index contributed by atoms with van der Waals surface area (Å²) in [5.41, 5.74) is 0. The average Bonchev–Trinajstić information content (AvgIpc) is 2.51. The third-order valence-electron chi connectivity index (χ3n) is 3.46. The maximum atomic E-state index is 11.6. The predicted molar refractivity (Wildman–Crippen MR) is 62.9 cm³/mol. The topological polar surface area (TPSA) is 104 Å². The lowest BCUT2D eigenvalue weighted by Gasteiger charge is -2.36. The van der Waals surface area contributed by atoms with Crippen LogP contribution in [0.15, 0.2) is 0 Å². The SMILES string of the molecule is O=C(O)C1CN(C(=O)NCC2CCCS2(=O)=O)C1. The smallest absolute Gasteiger partial charge is 0.317 e. The van der Waals surface area contributed by atoms with E-state index in [4.69, 9.17) is 5.11 Å². The molecule has 2 aliphatic heterocycles. The van der Waals surface area contributed by atoms with Gasteiger partial charge < -0.3 is 15.3 Å². The number of urea groups is 1. The molecule has 0 aromatic heterocycles. The van der Waals surface area contributed by atoms with Gasteiger partial charge in [-0.1, -0.05) is 0 Å². The van der Waals surface area contributed by atoms with Crippen molar-refractivity contribution >= 4 is 21.8 Å². The van der Waals surface area contributed by atoms with Gasteiger partial charge in [0.2, 0.25) is 0 Å². The molecule has 0 spiro atoms. The molecular weight excluding hydrogens is 260 g/mol. The molecule has 2 heterocycles. The zero-order chi connectivity index (χ0) is 13.3. The molecule has 2 saturated heterocycles. The van der Waals surface area contributed by atoms with E-state index in [0.717, 1.165) is 0 Å². The number of nitrogens with zero attached hydrogens (tertiary/aromatic N) is 1. The van der Waals surface area contributed by atoms with Crippen LogP contribution in [0.1, 0.15) is 12.8 Å². The highest BCUT2D eigenvalue weighted by atomic mass is 32.2. The molecule has 7 nitrogen and oxygen atoms in total. The highest BCUT2D eigenvalue weighted by Crippen LogP contribution is 2.20. The summed E-state index contributed by atoms with van der Waals surface area (Å²) in [7, 11) is -3.05. The number of hydrogen-bond donors (Lipinski definition) is 2. The van der Waals surface area contributed by atoms with E-state index in [2.05, 4.69) is 5.32 Å². The molecule has 2 fully saturated rings. The Hall–Kier alpha value is -1.31. The molecule has 18 heavy (non-hydrogen) atoms. The first-order valence-corrected chi connectivity index (χ1v) is 7.59. The van der Waals surface area contributed by atoms with E-state index >= 15 is 0 Å². The number of nitrogens with one attached hydrogen (secondary N) is 1. The minimum absolute atomic E-state index is 0.120. The fourth-order valence-corrected chi connectivity index (χ4v) is 3.97. The molecule has 2 amide bonds. The summed E-state index contributed by atoms with van der Waals surface area (Å²) in [5, 5.41) is 10.7. The Labute approximate surface area is 105 Å². The lowest BCUT2D eigenvalue weighted by atomic mass is 10.0. The van der Waals surface area contributed by atoms with Gasteiger partial charge in [0.05, 0.1) is 16.9 Å². The third-order valence-corrected chi connectivity index (χ3v) is 5.74. The zero-order valence-electron chi connectivity index (χ0n) is 9.83. The van der Waals surface area contributed by atoms with E-state index in [1.54, 1.807) is 0 Å². The second kappa shape index (κ2) is 4.75. The van der Waals surface area contributed by atoms with E-state index in [0.29, 0.717) is 12.8 Å². The van der Waals surface area contributed by atoms with Crippen LogP contribution in [0.4, 0.5) is 4.79 Å². The monoisotopic (exact) mass is 276 g/mol. The summed E-state index contributed by atoms with van der Waals surface area (Å²) in [5.74, 6) is -1.21. The summed E-state index contributed by atoms with van der Waals surface area (Å²) in [6.45, 7) is 0.507. The molecule has 1 atom stereocenters. The maximum Gasteiger partial charge on any atom is 0.317 e. The van der Waals surface area contributed by atoms with Crippen molar-refractivity contribution in [3.8, 4) is 0 Å². The summed E-state index contributed by atoms with van der Waals surface area (Å²) in [6.07, 6.45) is 1.23. The lowest BCUT2D eigenvalue weighted by Crippen LogP contribution is -2.56. The van der Waals surface area contributed by atoms with Crippen LogP contribution >= 0.6 is 0 Å². The number of hydrogen-bond acceptors (Lipinski definition) is 4. The standard InChI is InChI=1S/C10H16N2O5S/c13-9(14)7-5-12(6-7)10(15)11-4-8-2-1-3-18(8,16)17/h7-8H,1-6H2,(H,11,15)(H,13,14). The summed E-state index contributed by atoms with van der Waals surface area (Å²) in [4.78, 5) is 23.5. The Kier molecular flexibility index (Phi) is 3.47. The number of aliphatic carboxylic acids is 1. The Balaban J connectivity index is 1.75. The van der Waals surface area contributed by atoms with Crippen LogP contribution in [0.25, 0.3) is 0 Å². The number of amides is 2. The molecule has 2 N–H and O–H groups in total. The Bertz CT molecular complexity index is 455. The summed E-state index contributed by atoms with van der Waals surface area (Å²) >= 11 is 0. The zero-order valence-corrected chi connectivity index (χ0v) is 10.6. The molecule has 0 aliphatic carbocycles. The van der Waals surface area contributed by atoms with Gasteiger partial charge in [-0.05, 0) is 12.8 Å². The second-order valence-electron chi connectivity index (χ2n) is 4.76. The van der Waals surface area contributed by atoms with Crippen LogP contribution in [0, 0.1) is 5.92 Å². The fraction of sp³-hybridized carbons (Fsp3) is 0.800. The van der Waals surface area contributed by atoms with Crippen molar-refractivity contribution in [1.82, 2.24) is 10.2 Å². The van der Waals surface area contributed by atoms with Crippen molar-refractivity contribution in [1.29, 1.82) is 0 Å². The molecule has 2 rings (SSSR count). The first-order valence-electron chi connectivity index (χ1n) is 5.87. The Morgan fingerprint density at radius 1 is 1.33 bits per heavy atom. The van der Waals surface area contributed by atoms with E-state index in [1.165, 1.54) is 4.90 Å². The van der Waals surface area contributed by atoms with Gasteiger partial charge in [0, 0.05) is 19.6 Å². The number of rotatable bonds is 3. The van der Waals surface area contributed by atoms with Gasteiger partial charge in [0.25, 0.3) is 0 Å². The van der Waals surface area contributed by atoms with Gasteiger partial charge >= 0.3 is 12.0 Å². The Morgan fingerprint density at radius 3 is 2.50 bits per heavy atom. The number of carboxylic acids is 1. The average molecular weight is 276 g/mol. The molecule has 0 radical (unpaired) electrons. The third kappa shape index (κ3) is 2.58. The van der Waals surface area contributed by atoms with Crippen LogP contribution in [-0.2, 0) is 14.6 Å². The van der Waals surface area contributed by atoms with Crippen LogP contribution in [0.2, 0.25) is 0 Å². The van der Waals surface area contributed by atoms with Crippen LogP contribution in [-0.4, -0.2) is 61.1 Å². The van der Waals surface area contributed by atoms with Crippen molar-refractivity contribution in [2.75, 3.05) is 25.4 Å². The minimum atomic E-state index is -3.05. The summed E-state index contributed by atoms with van der Waals surface area (Å²) < 4.78 is 23.1. The van der Waals surface area contributed by atoms with Gasteiger partial charge in [-0.25, -0.2) is 13.2 Å². The van der Waals surface area contributed by atoms with E-state index in [-0.39, 0.29) is 31.4 Å². The Morgan fingerprint density at radius 2 is 2.00 bits per heavy atom. The molecule has 2 aliphatic rings. The molecular formula is C10H16N2O5S. The maximum absolute atomic E-state index is 11.6. The predicted octanol–water partition coefficient (Wildman–Crippen LogP) is -0.710. The molecule has 8 heteroatoms. The number of carbonyl (C=O) groups excluding carboxylic acids is 1. The first kappa shape index (κ1) is 13.1. The van der Waals surface area contributed by atoms with Gasteiger partial charge in [-0.15, -0.1) is 0 Å². The van der Waals surface area contributed by atoms with E-state index in [1.807, 2.05) is 0 Å². The number of carbonyl (C=O) groups is 2. The molecule has 102 valence electrons. The second-order valence-corrected chi connectivity index (χ2v) is 7.16. The fourth-order valence-electron chi connectivity index (χ4n) is 2.20. The van der Waals surface area contributed by atoms with Crippen molar-refractivity contribution in [2.24, 2.45) is 5.92 Å². The lowest BCUT2D eigenvalue weighted by molar-refractivity contribution is -0.146. The number of carboxylic acid groups (broad SMARTS) is 1. The van der Waals surface area contributed by atoms with E-state index in [9.17, 15) is 18.0 Å². The van der Waals surface area contributed by atoms with Crippen LogP contribution in [0.5, 0.6) is 0 Å². The largest absolute Gasteiger partial charge is 0.481 e. The molecule has 0 saturated carbocycles. The van der Waals surface area contributed by atoms with Crippen molar-refractivity contribution < 1.29 is 23.1 Å². The number of likely N-dealkylation sites (tertiary alicyclic amines) is 1. The first-order chi connectivity index (χ1) is 8.40. The molecule has 0 bridgehead atoms. The number of sulfone groups is 1. The summed E-state index contributed by atoms with van der Waals surface area (Å²) in [6, 6.07) is -0.380. The van der Waals surface area contributed by atoms with Gasteiger partial charge in [0.15, 0.2) is 9.84 Å². The minimum Gasteiger partial charge on any atom is -0.481 e.